The van der Waals surface area contributed by atoms with Crippen molar-refractivity contribution in [3.63, 3.8) is 0 Å². The Bertz CT molecular complexity index is 534. The smallest absolute Gasteiger partial charge is 0.343 e. The molecule has 8 atom stereocenters. The summed E-state index contributed by atoms with van der Waals surface area (Å²) in [6, 6.07) is -0.0881. The number of hydrogen-bond donors (Lipinski definition) is 1. The van der Waals surface area contributed by atoms with Crippen LogP contribution >= 0.6 is 0 Å². The van der Waals surface area contributed by atoms with Gasteiger partial charge >= 0.3 is 6.18 Å². The topological polar surface area (TPSA) is 72.2 Å². The zero-order valence-corrected chi connectivity index (χ0v) is 14.3. The van der Waals surface area contributed by atoms with Crippen molar-refractivity contribution >= 4 is 0 Å². The zero-order chi connectivity index (χ0) is 18.0. The quantitative estimate of drug-likeness (QED) is 0.756. The van der Waals surface area contributed by atoms with E-state index < -0.39 is 36.8 Å². The summed E-state index contributed by atoms with van der Waals surface area (Å²) in [5.74, 6) is -1.45. The molecule has 9 heteroatoms. The first-order valence-corrected chi connectivity index (χ1v) is 8.79. The van der Waals surface area contributed by atoms with Gasteiger partial charge in [0, 0.05) is 30.2 Å². The van der Waals surface area contributed by atoms with Gasteiger partial charge in [-0.05, 0) is 26.2 Å². The second kappa shape index (κ2) is 5.77. The molecular formula is C16H24F3NO5. The Balaban J connectivity index is 1.65. The van der Waals surface area contributed by atoms with Crippen molar-refractivity contribution < 1.29 is 37.2 Å². The lowest BCUT2D eigenvalue weighted by molar-refractivity contribution is -0.577. The fraction of sp³-hybridized carbons (Fsp3) is 1.00. The number of alkyl halides is 3. The highest BCUT2D eigenvalue weighted by Crippen LogP contribution is 2.59. The molecule has 0 radical (unpaired) electrons. The summed E-state index contributed by atoms with van der Waals surface area (Å²) in [5.41, 5.74) is 5.46. The standard InChI is InChI=1S/C16H24F3NO5/c1-8-9-3-4-11(20)10-5-6-14(2)23-13(16(9,10)25-24-14)22-12(8)21-7-15(17,18)19/h8-13H,3-7,20H2,1-2H3/t8-,9+,10+,11-,12+,13-,14-,16+/m1/s1. The maximum absolute atomic E-state index is 12.6. The van der Waals surface area contributed by atoms with Gasteiger partial charge in [0.1, 0.15) is 6.61 Å². The number of hydrogen-bond acceptors (Lipinski definition) is 6. The third kappa shape index (κ3) is 2.80. The van der Waals surface area contributed by atoms with Crippen molar-refractivity contribution in [2.75, 3.05) is 6.61 Å². The molecule has 4 heterocycles. The van der Waals surface area contributed by atoms with E-state index in [0.29, 0.717) is 12.8 Å². The van der Waals surface area contributed by atoms with Gasteiger partial charge in [-0.2, -0.15) is 13.2 Å². The van der Waals surface area contributed by atoms with Crippen molar-refractivity contribution in [3.8, 4) is 0 Å². The first-order chi connectivity index (χ1) is 11.6. The minimum atomic E-state index is -4.41. The SMILES string of the molecule is C[C@H]1[C@@H](OCC(F)(F)F)O[C@@H]2O[C@@]3(C)CC[C@H]4[C@H](N)CC[C@@H]1[C@@]24OO3. The van der Waals surface area contributed by atoms with Gasteiger partial charge in [-0.25, -0.2) is 9.78 Å². The van der Waals surface area contributed by atoms with Gasteiger partial charge in [0.05, 0.1) is 0 Å². The molecule has 5 rings (SSSR count). The molecule has 25 heavy (non-hydrogen) atoms. The Labute approximate surface area is 144 Å². The molecule has 5 fully saturated rings. The molecule has 0 aromatic rings. The predicted octanol–water partition coefficient (Wildman–Crippen LogP) is 2.46. The molecule has 4 aliphatic heterocycles. The highest BCUT2D eigenvalue weighted by molar-refractivity contribution is 5.10. The molecule has 4 saturated heterocycles. The van der Waals surface area contributed by atoms with Crippen LogP contribution in [-0.4, -0.2) is 42.8 Å². The third-order valence-corrected chi connectivity index (χ3v) is 6.22. The maximum Gasteiger partial charge on any atom is 0.411 e. The predicted molar refractivity (Wildman–Crippen MR) is 77.6 cm³/mol. The number of halogens is 3. The fourth-order valence-electron chi connectivity index (χ4n) is 4.99. The van der Waals surface area contributed by atoms with Crippen LogP contribution in [0.2, 0.25) is 0 Å². The Morgan fingerprint density at radius 1 is 1.16 bits per heavy atom. The summed E-state index contributed by atoms with van der Waals surface area (Å²) in [5, 5.41) is 0. The molecule has 0 aromatic heterocycles. The van der Waals surface area contributed by atoms with Crippen LogP contribution in [0.15, 0.2) is 0 Å². The van der Waals surface area contributed by atoms with Crippen molar-refractivity contribution in [3.05, 3.63) is 0 Å². The van der Waals surface area contributed by atoms with Gasteiger partial charge in [0.2, 0.25) is 5.79 Å². The molecule has 2 bridgehead atoms. The Hall–Kier alpha value is -0.450. The van der Waals surface area contributed by atoms with Crippen molar-refractivity contribution in [1.82, 2.24) is 0 Å². The van der Waals surface area contributed by atoms with Gasteiger partial charge in [-0.15, -0.1) is 0 Å². The molecular weight excluding hydrogens is 343 g/mol. The minimum Gasteiger partial charge on any atom is -0.343 e. The summed E-state index contributed by atoms with van der Waals surface area (Å²) in [7, 11) is 0. The molecule has 5 aliphatic rings. The van der Waals surface area contributed by atoms with Crippen LogP contribution in [0.3, 0.4) is 0 Å². The van der Waals surface area contributed by atoms with Crippen LogP contribution in [0.4, 0.5) is 13.2 Å². The van der Waals surface area contributed by atoms with E-state index in [0.717, 1.165) is 12.8 Å². The second-order valence-electron chi connectivity index (χ2n) is 7.89. The molecule has 1 saturated carbocycles. The van der Waals surface area contributed by atoms with Crippen LogP contribution in [0.25, 0.3) is 0 Å². The Morgan fingerprint density at radius 3 is 2.64 bits per heavy atom. The van der Waals surface area contributed by atoms with Crippen LogP contribution in [0.1, 0.15) is 39.5 Å². The fourth-order valence-corrected chi connectivity index (χ4v) is 4.99. The van der Waals surface area contributed by atoms with E-state index in [4.69, 9.17) is 29.7 Å². The van der Waals surface area contributed by atoms with E-state index in [1.807, 2.05) is 6.92 Å². The van der Waals surface area contributed by atoms with E-state index in [1.54, 1.807) is 6.92 Å². The first-order valence-electron chi connectivity index (χ1n) is 8.79. The average Bonchev–Trinajstić information content (AvgIpc) is 2.75. The van der Waals surface area contributed by atoms with Gasteiger partial charge < -0.3 is 19.9 Å². The number of rotatable bonds is 2. The summed E-state index contributed by atoms with van der Waals surface area (Å²) >= 11 is 0. The summed E-state index contributed by atoms with van der Waals surface area (Å²) < 4.78 is 54.6. The second-order valence-corrected chi connectivity index (χ2v) is 7.89. The van der Waals surface area contributed by atoms with Crippen LogP contribution in [-0.2, 0) is 24.0 Å². The Morgan fingerprint density at radius 2 is 1.92 bits per heavy atom. The molecule has 144 valence electrons. The normalized spacial score (nSPS) is 52.6. The monoisotopic (exact) mass is 367 g/mol. The highest BCUT2D eigenvalue weighted by Gasteiger charge is 2.69. The summed E-state index contributed by atoms with van der Waals surface area (Å²) in [6.07, 6.45) is -3.45. The van der Waals surface area contributed by atoms with Gasteiger partial charge in [-0.1, -0.05) is 6.92 Å². The van der Waals surface area contributed by atoms with E-state index in [1.165, 1.54) is 0 Å². The largest absolute Gasteiger partial charge is 0.411 e. The lowest BCUT2D eigenvalue weighted by Gasteiger charge is -2.60. The first kappa shape index (κ1) is 17.9. The van der Waals surface area contributed by atoms with Crippen molar-refractivity contribution in [1.29, 1.82) is 0 Å². The van der Waals surface area contributed by atoms with Crippen molar-refractivity contribution in [2.24, 2.45) is 23.5 Å². The summed E-state index contributed by atoms with van der Waals surface area (Å²) in [4.78, 5) is 11.4. The highest BCUT2D eigenvalue weighted by atomic mass is 19.4. The van der Waals surface area contributed by atoms with E-state index >= 15 is 0 Å². The molecule has 1 aliphatic carbocycles. The zero-order valence-electron chi connectivity index (χ0n) is 14.3. The average molecular weight is 367 g/mol. The lowest BCUT2D eigenvalue weighted by Crippen LogP contribution is -2.72. The number of fused-ring (bicyclic) bond motifs is 2. The van der Waals surface area contributed by atoms with Gasteiger partial charge in [-0.3, -0.25) is 0 Å². The van der Waals surface area contributed by atoms with Crippen LogP contribution in [0, 0.1) is 17.8 Å². The number of nitrogens with two attached hydrogens (primary N) is 1. The molecule has 1 spiro atoms. The lowest BCUT2D eigenvalue weighted by atomic mass is 9.60. The molecule has 0 amide bonds. The summed E-state index contributed by atoms with van der Waals surface area (Å²) in [6.45, 7) is 2.21. The van der Waals surface area contributed by atoms with E-state index in [9.17, 15) is 13.2 Å². The third-order valence-electron chi connectivity index (χ3n) is 6.22. The van der Waals surface area contributed by atoms with Crippen LogP contribution < -0.4 is 5.73 Å². The number of ether oxygens (including phenoxy) is 3. The van der Waals surface area contributed by atoms with Gasteiger partial charge in [0.15, 0.2) is 18.2 Å². The van der Waals surface area contributed by atoms with Crippen molar-refractivity contribution in [2.45, 2.75) is 75.7 Å². The van der Waals surface area contributed by atoms with E-state index in [2.05, 4.69) is 0 Å². The minimum absolute atomic E-state index is 0.0356. The van der Waals surface area contributed by atoms with Crippen LogP contribution in [0.5, 0.6) is 0 Å². The maximum atomic E-state index is 12.6. The molecule has 0 aromatic carbocycles. The molecule has 2 N–H and O–H groups in total. The molecule has 0 unspecified atom stereocenters. The Kier molecular flexibility index (Phi) is 4.14. The molecule has 6 nitrogen and oxygen atoms in total. The van der Waals surface area contributed by atoms with Gasteiger partial charge in [0.25, 0.3) is 0 Å². The van der Waals surface area contributed by atoms with E-state index in [-0.39, 0.29) is 23.8 Å².